The largest absolute Gasteiger partial charge is 0.375 e. The number of ether oxygens (including phenoxy) is 1. The van der Waals surface area contributed by atoms with E-state index in [2.05, 4.69) is 17.3 Å². The predicted molar refractivity (Wildman–Crippen MR) is 101 cm³/mol. The van der Waals surface area contributed by atoms with Crippen LogP contribution in [-0.4, -0.2) is 68.1 Å². The number of benzene rings is 1. The Morgan fingerprint density at radius 3 is 2.52 bits per heavy atom. The minimum atomic E-state index is -0.316. The average Bonchev–Trinajstić information content (AvgIpc) is 3.06. The zero-order valence-electron chi connectivity index (χ0n) is 16.0. The summed E-state index contributed by atoms with van der Waals surface area (Å²) in [6.07, 6.45) is 2.73. The molecule has 0 bridgehead atoms. The van der Waals surface area contributed by atoms with Crippen LogP contribution in [0.4, 0.5) is 10.1 Å². The van der Waals surface area contributed by atoms with Crippen LogP contribution in [-0.2, 0) is 14.3 Å². The molecule has 2 aliphatic heterocycles. The van der Waals surface area contributed by atoms with Crippen LogP contribution in [0.5, 0.6) is 0 Å². The van der Waals surface area contributed by atoms with E-state index in [0.29, 0.717) is 17.6 Å². The number of anilines is 1. The van der Waals surface area contributed by atoms with Gasteiger partial charge in [-0.2, -0.15) is 0 Å². The molecule has 2 saturated heterocycles. The Hall–Kier alpha value is -1.99. The first-order valence-electron chi connectivity index (χ1n) is 9.51. The molecule has 2 aliphatic rings. The van der Waals surface area contributed by atoms with Crippen LogP contribution >= 0.6 is 0 Å². The van der Waals surface area contributed by atoms with Gasteiger partial charge in [-0.15, -0.1) is 0 Å². The smallest absolute Gasteiger partial charge is 0.248 e. The normalized spacial score (nSPS) is 24.2. The lowest BCUT2D eigenvalue weighted by atomic mass is 9.86. The number of likely N-dealkylation sites (tertiary alicyclic amines) is 2. The fourth-order valence-corrected chi connectivity index (χ4v) is 4.30. The molecule has 27 heavy (non-hydrogen) atoms. The molecule has 6 nitrogen and oxygen atoms in total. The van der Waals surface area contributed by atoms with E-state index in [4.69, 9.17) is 4.74 Å². The van der Waals surface area contributed by atoms with Gasteiger partial charge in [-0.25, -0.2) is 4.39 Å². The molecule has 2 amide bonds. The Balaban J connectivity index is 1.51. The zero-order chi connectivity index (χ0) is 19.4. The van der Waals surface area contributed by atoms with Crippen molar-refractivity contribution in [2.24, 2.45) is 11.8 Å². The highest BCUT2D eigenvalue weighted by Gasteiger charge is 2.39. The molecule has 3 rings (SSSR count). The van der Waals surface area contributed by atoms with Gasteiger partial charge in [-0.05, 0) is 56.5 Å². The van der Waals surface area contributed by atoms with E-state index in [1.54, 1.807) is 12.1 Å². The van der Waals surface area contributed by atoms with E-state index in [1.807, 2.05) is 4.90 Å². The SMILES string of the molecule is COCC(=O)N1CCC([C@H]2C[C@@H](C(=O)Nc3ccc(F)cc3)CN2C)CC1. The average molecular weight is 377 g/mol. The number of rotatable bonds is 5. The van der Waals surface area contributed by atoms with Gasteiger partial charge >= 0.3 is 0 Å². The van der Waals surface area contributed by atoms with Crippen molar-refractivity contribution in [3.63, 3.8) is 0 Å². The molecule has 1 N–H and O–H groups in total. The molecule has 1 aromatic carbocycles. The van der Waals surface area contributed by atoms with Gasteiger partial charge in [-0.3, -0.25) is 9.59 Å². The lowest BCUT2D eigenvalue weighted by molar-refractivity contribution is -0.136. The van der Waals surface area contributed by atoms with Crippen molar-refractivity contribution in [2.45, 2.75) is 25.3 Å². The zero-order valence-corrected chi connectivity index (χ0v) is 16.0. The van der Waals surface area contributed by atoms with Crippen molar-refractivity contribution in [1.82, 2.24) is 9.80 Å². The van der Waals surface area contributed by atoms with Crippen LogP contribution in [0.15, 0.2) is 24.3 Å². The van der Waals surface area contributed by atoms with Crippen LogP contribution in [0.2, 0.25) is 0 Å². The monoisotopic (exact) mass is 377 g/mol. The summed E-state index contributed by atoms with van der Waals surface area (Å²) >= 11 is 0. The highest BCUT2D eigenvalue weighted by atomic mass is 19.1. The minimum Gasteiger partial charge on any atom is -0.375 e. The van der Waals surface area contributed by atoms with E-state index < -0.39 is 0 Å². The Kier molecular flexibility index (Phi) is 6.44. The number of carbonyl (C=O) groups excluding carboxylic acids is 2. The summed E-state index contributed by atoms with van der Waals surface area (Å²) in [4.78, 5) is 28.7. The van der Waals surface area contributed by atoms with E-state index in [1.165, 1.54) is 19.2 Å². The molecule has 0 spiro atoms. The molecular weight excluding hydrogens is 349 g/mol. The molecule has 148 valence electrons. The van der Waals surface area contributed by atoms with Crippen molar-refractivity contribution >= 4 is 17.5 Å². The van der Waals surface area contributed by atoms with Gasteiger partial charge < -0.3 is 19.9 Å². The first kappa shape index (κ1) is 19.8. The first-order valence-corrected chi connectivity index (χ1v) is 9.51. The van der Waals surface area contributed by atoms with Gasteiger partial charge in [0.15, 0.2) is 0 Å². The number of halogens is 1. The molecule has 2 atom stereocenters. The Bertz CT molecular complexity index is 659. The number of nitrogens with one attached hydrogen (secondary N) is 1. The fourth-order valence-electron chi connectivity index (χ4n) is 4.30. The predicted octanol–water partition coefficient (Wildman–Crippen LogP) is 1.97. The van der Waals surface area contributed by atoms with Crippen LogP contribution in [0, 0.1) is 17.7 Å². The lowest BCUT2D eigenvalue weighted by Crippen LogP contribution is -2.44. The summed E-state index contributed by atoms with van der Waals surface area (Å²) in [6, 6.07) is 6.20. The van der Waals surface area contributed by atoms with Crippen molar-refractivity contribution in [2.75, 3.05) is 45.7 Å². The van der Waals surface area contributed by atoms with Crippen LogP contribution < -0.4 is 5.32 Å². The Labute approximate surface area is 159 Å². The quantitative estimate of drug-likeness (QED) is 0.852. The van der Waals surface area contributed by atoms with Crippen molar-refractivity contribution < 1.29 is 18.7 Å². The molecule has 0 unspecified atom stereocenters. The van der Waals surface area contributed by atoms with Crippen molar-refractivity contribution in [3.05, 3.63) is 30.1 Å². The van der Waals surface area contributed by atoms with Crippen molar-refractivity contribution in [1.29, 1.82) is 0 Å². The molecular formula is C20H28FN3O3. The third kappa shape index (κ3) is 4.84. The van der Waals surface area contributed by atoms with E-state index in [0.717, 1.165) is 38.9 Å². The number of hydrogen-bond donors (Lipinski definition) is 1. The van der Waals surface area contributed by atoms with E-state index >= 15 is 0 Å². The summed E-state index contributed by atoms with van der Waals surface area (Å²) in [7, 11) is 3.60. The van der Waals surface area contributed by atoms with Gasteiger partial charge in [0.25, 0.3) is 0 Å². The number of piperidine rings is 1. The third-order valence-corrected chi connectivity index (χ3v) is 5.79. The van der Waals surface area contributed by atoms with E-state index in [-0.39, 0.29) is 30.2 Å². The molecule has 0 saturated carbocycles. The van der Waals surface area contributed by atoms with Gasteiger partial charge in [-0.1, -0.05) is 0 Å². The maximum atomic E-state index is 13.0. The van der Waals surface area contributed by atoms with Gasteiger partial charge in [0, 0.05) is 38.5 Å². The Morgan fingerprint density at radius 2 is 1.89 bits per heavy atom. The summed E-state index contributed by atoms with van der Waals surface area (Å²) in [5, 5.41) is 2.89. The number of carbonyl (C=O) groups is 2. The molecule has 2 fully saturated rings. The number of methoxy groups -OCH3 is 1. The third-order valence-electron chi connectivity index (χ3n) is 5.79. The van der Waals surface area contributed by atoms with E-state index in [9.17, 15) is 14.0 Å². The summed E-state index contributed by atoms with van der Waals surface area (Å²) in [5.41, 5.74) is 0.623. The molecule has 0 radical (unpaired) electrons. The number of amides is 2. The van der Waals surface area contributed by atoms with Crippen molar-refractivity contribution in [3.8, 4) is 0 Å². The highest BCUT2D eigenvalue weighted by Crippen LogP contribution is 2.33. The summed E-state index contributed by atoms with van der Waals surface area (Å²) in [6.45, 7) is 2.37. The topological polar surface area (TPSA) is 61.9 Å². The maximum absolute atomic E-state index is 13.0. The van der Waals surface area contributed by atoms with Crippen LogP contribution in [0.3, 0.4) is 0 Å². The second kappa shape index (κ2) is 8.80. The molecule has 0 aliphatic carbocycles. The van der Waals surface area contributed by atoms with Crippen LogP contribution in [0.25, 0.3) is 0 Å². The number of hydrogen-bond acceptors (Lipinski definition) is 4. The van der Waals surface area contributed by atoms with Gasteiger partial charge in [0.2, 0.25) is 11.8 Å². The molecule has 7 heteroatoms. The van der Waals surface area contributed by atoms with Crippen LogP contribution in [0.1, 0.15) is 19.3 Å². The fraction of sp³-hybridized carbons (Fsp3) is 0.600. The maximum Gasteiger partial charge on any atom is 0.248 e. The standard InChI is InChI=1S/C20H28FN3O3/c1-23-12-15(20(26)22-17-5-3-16(21)4-6-17)11-18(23)14-7-9-24(10-8-14)19(25)13-27-2/h3-6,14-15,18H,7-13H2,1-2H3,(H,22,26)/t15-,18-/m1/s1. The van der Waals surface area contributed by atoms with Gasteiger partial charge in [0.1, 0.15) is 12.4 Å². The summed E-state index contributed by atoms with van der Waals surface area (Å²) in [5.74, 6) is 0.142. The second-order valence-electron chi connectivity index (χ2n) is 7.59. The van der Waals surface area contributed by atoms with Gasteiger partial charge in [0.05, 0.1) is 5.92 Å². The Morgan fingerprint density at radius 1 is 1.22 bits per heavy atom. The highest BCUT2D eigenvalue weighted by molar-refractivity contribution is 5.92. The molecule has 2 heterocycles. The lowest BCUT2D eigenvalue weighted by Gasteiger charge is -2.37. The minimum absolute atomic E-state index is 0.0105. The molecule has 0 aromatic heterocycles. The molecule has 1 aromatic rings. The number of nitrogens with zero attached hydrogens (tertiary/aromatic N) is 2. The summed E-state index contributed by atoms with van der Waals surface area (Å²) < 4.78 is 17.9. The first-order chi connectivity index (χ1) is 13.0. The second-order valence-corrected chi connectivity index (χ2v) is 7.59.